The third-order valence-corrected chi connectivity index (χ3v) is 5.56. The number of amides is 1. The molecule has 1 saturated carbocycles. The summed E-state index contributed by atoms with van der Waals surface area (Å²) in [5, 5.41) is 2.68. The van der Waals surface area contributed by atoms with Crippen LogP contribution in [0.4, 0.5) is 0 Å². The van der Waals surface area contributed by atoms with E-state index >= 15 is 0 Å². The van der Waals surface area contributed by atoms with Gasteiger partial charge in [-0.1, -0.05) is 6.07 Å². The monoisotopic (exact) mass is 363 g/mol. The molecule has 25 heavy (non-hydrogen) atoms. The van der Waals surface area contributed by atoms with Gasteiger partial charge in [-0.15, -0.1) is 0 Å². The number of aromatic nitrogens is 1. The number of aryl methyl sites for hydroxylation is 2. The Hall–Kier alpha value is -2.19. The van der Waals surface area contributed by atoms with Crippen LogP contribution in [0.15, 0.2) is 33.6 Å². The first-order valence-electron chi connectivity index (χ1n) is 8.16. The van der Waals surface area contributed by atoms with Crippen LogP contribution >= 0.6 is 0 Å². The second kappa shape index (κ2) is 6.97. The lowest BCUT2D eigenvalue weighted by Gasteiger charge is -2.08. The second-order valence-electron chi connectivity index (χ2n) is 6.25. The van der Waals surface area contributed by atoms with Gasteiger partial charge in [0.2, 0.25) is 15.9 Å². The number of rotatable bonds is 7. The van der Waals surface area contributed by atoms with E-state index < -0.39 is 10.0 Å². The van der Waals surface area contributed by atoms with E-state index in [9.17, 15) is 13.2 Å². The molecule has 1 heterocycles. The summed E-state index contributed by atoms with van der Waals surface area (Å²) >= 11 is 0. The molecule has 1 aliphatic carbocycles. The summed E-state index contributed by atoms with van der Waals surface area (Å²) in [4.78, 5) is 16.5. The molecule has 1 amide bonds. The summed E-state index contributed by atoms with van der Waals surface area (Å²) < 4.78 is 32.6. The molecule has 7 nitrogen and oxygen atoms in total. The van der Waals surface area contributed by atoms with Crippen LogP contribution in [-0.2, 0) is 16.6 Å². The molecular weight excluding hydrogens is 342 g/mol. The molecule has 0 saturated heterocycles. The number of oxazole rings is 1. The van der Waals surface area contributed by atoms with Gasteiger partial charge in [0.05, 0.1) is 17.1 Å². The molecule has 134 valence electrons. The zero-order valence-electron chi connectivity index (χ0n) is 14.2. The quantitative estimate of drug-likeness (QED) is 0.782. The van der Waals surface area contributed by atoms with E-state index in [4.69, 9.17) is 4.42 Å². The largest absolute Gasteiger partial charge is 0.444 e. The van der Waals surface area contributed by atoms with Gasteiger partial charge >= 0.3 is 0 Å². The van der Waals surface area contributed by atoms with Crippen LogP contribution in [0.1, 0.15) is 40.5 Å². The molecule has 0 bridgehead atoms. The molecule has 2 aromatic rings. The SMILES string of the molecule is Cc1nc(CNC(=O)c2cccc(S(=O)(=O)NCC3CC3)c2)oc1C. The summed E-state index contributed by atoms with van der Waals surface area (Å²) in [6, 6.07) is 5.98. The summed E-state index contributed by atoms with van der Waals surface area (Å²) in [7, 11) is -3.60. The van der Waals surface area contributed by atoms with Crippen molar-refractivity contribution in [3.63, 3.8) is 0 Å². The molecule has 0 radical (unpaired) electrons. The maximum Gasteiger partial charge on any atom is 0.251 e. The van der Waals surface area contributed by atoms with Crippen LogP contribution in [0.5, 0.6) is 0 Å². The van der Waals surface area contributed by atoms with Crippen molar-refractivity contribution in [2.24, 2.45) is 5.92 Å². The highest BCUT2D eigenvalue weighted by Gasteiger charge is 2.24. The molecule has 8 heteroatoms. The van der Waals surface area contributed by atoms with E-state index in [0.717, 1.165) is 18.5 Å². The lowest BCUT2D eigenvalue weighted by Crippen LogP contribution is -2.27. The van der Waals surface area contributed by atoms with Crippen LogP contribution in [-0.4, -0.2) is 25.9 Å². The Kier molecular flexibility index (Phi) is 4.91. The molecular formula is C17H21N3O4S. The zero-order chi connectivity index (χ0) is 18.0. The van der Waals surface area contributed by atoms with Crippen molar-refractivity contribution in [1.29, 1.82) is 0 Å². The highest BCUT2D eigenvalue weighted by atomic mass is 32.2. The maximum absolute atomic E-state index is 12.3. The minimum absolute atomic E-state index is 0.0867. The normalized spacial score (nSPS) is 14.5. The summed E-state index contributed by atoms with van der Waals surface area (Å²) in [5.41, 5.74) is 1.05. The molecule has 0 atom stereocenters. The zero-order valence-corrected chi connectivity index (χ0v) is 15.0. The number of carbonyl (C=O) groups excluding carboxylic acids is 1. The van der Waals surface area contributed by atoms with Gasteiger partial charge in [0.15, 0.2) is 0 Å². The van der Waals surface area contributed by atoms with Gasteiger partial charge < -0.3 is 9.73 Å². The van der Waals surface area contributed by atoms with Crippen LogP contribution in [0.2, 0.25) is 0 Å². The first-order chi connectivity index (χ1) is 11.8. The third-order valence-electron chi connectivity index (χ3n) is 4.14. The fourth-order valence-corrected chi connectivity index (χ4v) is 3.47. The van der Waals surface area contributed by atoms with E-state index in [1.165, 1.54) is 12.1 Å². The third kappa shape index (κ3) is 4.46. The predicted octanol–water partition coefficient (Wildman–Crippen LogP) is 1.91. The standard InChI is InChI=1S/C17H21N3O4S/c1-11-12(2)24-16(20-11)10-18-17(21)14-4-3-5-15(8-14)25(22,23)19-9-13-6-7-13/h3-5,8,13,19H,6-7,9-10H2,1-2H3,(H,18,21). The Morgan fingerprint density at radius 2 is 2.08 bits per heavy atom. The van der Waals surface area contributed by atoms with Gasteiger partial charge in [-0.2, -0.15) is 0 Å². The number of sulfonamides is 1. The van der Waals surface area contributed by atoms with Crippen molar-refractivity contribution in [3.05, 3.63) is 47.2 Å². The smallest absolute Gasteiger partial charge is 0.251 e. The molecule has 1 aromatic carbocycles. The van der Waals surface area contributed by atoms with Crippen molar-refractivity contribution in [2.75, 3.05) is 6.54 Å². The fourth-order valence-electron chi connectivity index (χ4n) is 2.31. The van der Waals surface area contributed by atoms with Gasteiger partial charge in [0.25, 0.3) is 5.91 Å². The molecule has 3 rings (SSSR count). The van der Waals surface area contributed by atoms with E-state index in [0.29, 0.717) is 24.1 Å². The molecule has 0 spiro atoms. The highest BCUT2D eigenvalue weighted by Crippen LogP contribution is 2.28. The molecule has 1 aliphatic rings. The van der Waals surface area contributed by atoms with Crippen molar-refractivity contribution >= 4 is 15.9 Å². The van der Waals surface area contributed by atoms with E-state index in [1.807, 2.05) is 6.92 Å². The van der Waals surface area contributed by atoms with Crippen molar-refractivity contribution in [2.45, 2.75) is 38.1 Å². The van der Waals surface area contributed by atoms with Gasteiger partial charge in [0.1, 0.15) is 5.76 Å². The highest BCUT2D eigenvalue weighted by molar-refractivity contribution is 7.89. The number of hydrogen-bond acceptors (Lipinski definition) is 5. The van der Waals surface area contributed by atoms with Gasteiger partial charge in [-0.25, -0.2) is 18.1 Å². The van der Waals surface area contributed by atoms with Gasteiger partial charge in [-0.05, 0) is 50.8 Å². The van der Waals surface area contributed by atoms with Crippen LogP contribution in [0.25, 0.3) is 0 Å². The minimum atomic E-state index is -3.60. The average molecular weight is 363 g/mol. The predicted molar refractivity (Wildman–Crippen MR) is 91.5 cm³/mol. The van der Waals surface area contributed by atoms with E-state index in [1.54, 1.807) is 19.1 Å². The Morgan fingerprint density at radius 1 is 1.32 bits per heavy atom. The Labute approximate surface area is 146 Å². The summed E-state index contributed by atoms with van der Waals surface area (Å²) in [6.07, 6.45) is 2.12. The van der Waals surface area contributed by atoms with Crippen LogP contribution in [0, 0.1) is 19.8 Å². The Morgan fingerprint density at radius 3 is 2.72 bits per heavy atom. The number of nitrogens with zero attached hydrogens (tertiary/aromatic N) is 1. The van der Waals surface area contributed by atoms with Gasteiger partial charge in [0, 0.05) is 12.1 Å². The minimum Gasteiger partial charge on any atom is -0.444 e. The molecule has 1 aromatic heterocycles. The lowest BCUT2D eigenvalue weighted by molar-refractivity contribution is 0.0947. The van der Waals surface area contributed by atoms with Crippen molar-refractivity contribution in [3.8, 4) is 0 Å². The first-order valence-corrected chi connectivity index (χ1v) is 9.64. The number of benzene rings is 1. The second-order valence-corrected chi connectivity index (χ2v) is 8.02. The topological polar surface area (TPSA) is 101 Å². The molecule has 1 fully saturated rings. The van der Waals surface area contributed by atoms with E-state index in [2.05, 4.69) is 15.0 Å². The fraction of sp³-hybridized carbons (Fsp3) is 0.412. The van der Waals surface area contributed by atoms with Crippen molar-refractivity contribution in [1.82, 2.24) is 15.0 Å². The number of hydrogen-bond donors (Lipinski definition) is 2. The first kappa shape index (κ1) is 17.6. The maximum atomic E-state index is 12.3. The van der Waals surface area contributed by atoms with Crippen LogP contribution < -0.4 is 10.0 Å². The van der Waals surface area contributed by atoms with Crippen LogP contribution in [0.3, 0.4) is 0 Å². The molecule has 0 unspecified atom stereocenters. The summed E-state index contributed by atoms with van der Waals surface area (Å²) in [6.45, 7) is 4.22. The Balaban J connectivity index is 1.66. The number of carbonyl (C=O) groups is 1. The van der Waals surface area contributed by atoms with Crippen molar-refractivity contribution < 1.29 is 17.6 Å². The Bertz CT molecular complexity index is 866. The van der Waals surface area contributed by atoms with E-state index in [-0.39, 0.29) is 22.9 Å². The average Bonchev–Trinajstić information content (AvgIpc) is 3.36. The molecule has 2 N–H and O–H groups in total. The summed E-state index contributed by atoms with van der Waals surface area (Å²) in [5.74, 6) is 1.18. The van der Waals surface area contributed by atoms with Gasteiger partial charge in [-0.3, -0.25) is 4.79 Å². The lowest BCUT2D eigenvalue weighted by atomic mass is 10.2. The molecule has 0 aliphatic heterocycles. The number of nitrogens with one attached hydrogen (secondary N) is 2.